The molecule has 1 N–H and O–H groups in total. The van der Waals surface area contributed by atoms with Crippen LogP contribution < -0.4 is 5.32 Å². The molecule has 0 aliphatic heterocycles. The van der Waals surface area contributed by atoms with Crippen molar-refractivity contribution in [3.63, 3.8) is 0 Å². The number of halogens is 2. The smallest absolute Gasteiger partial charge is 0.0722 e. The van der Waals surface area contributed by atoms with Crippen LogP contribution in [0.15, 0.2) is 36.5 Å². The van der Waals surface area contributed by atoms with Crippen molar-refractivity contribution in [2.24, 2.45) is 0 Å². The van der Waals surface area contributed by atoms with E-state index in [-0.39, 0.29) is 12.4 Å². The maximum absolute atomic E-state index is 5.62. The van der Waals surface area contributed by atoms with Gasteiger partial charge in [0.25, 0.3) is 0 Å². The molecule has 1 aromatic heterocycles. The van der Waals surface area contributed by atoms with E-state index in [1.807, 2.05) is 24.3 Å². The highest BCUT2D eigenvalue weighted by Crippen LogP contribution is 2.20. The molecule has 1 heterocycles. The molecule has 2 aromatic rings. The van der Waals surface area contributed by atoms with Crippen LogP contribution in [0.3, 0.4) is 0 Å². The molecule has 0 bridgehead atoms. The molecular formula is C11H12Cl2N2. The van der Waals surface area contributed by atoms with Gasteiger partial charge in [-0.25, -0.2) is 0 Å². The van der Waals surface area contributed by atoms with Gasteiger partial charge in [-0.1, -0.05) is 18.2 Å². The number of aromatic nitrogens is 1. The Bertz CT molecular complexity index is 426. The summed E-state index contributed by atoms with van der Waals surface area (Å²) < 4.78 is 0. The lowest BCUT2D eigenvalue weighted by atomic mass is 10.2. The van der Waals surface area contributed by atoms with Gasteiger partial charge in [-0.2, -0.15) is 0 Å². The van der Waals surface area contributed by atoms with Crippen LogP contribution in [-0.4, -0.2) is 17.4 Å². The summed E-state index contributed by atoms with van der Waals surface area (Å²) in [6, 6.07) is 10.0. The molecule has 1 aromatic carbocycles. The lowest BCUT2D eigenvalue weighted by Gasteiger charge is -2.06. The lowest BCUT2D eigenvalue weighted by molar-refractivity contribution is 1.22. The summed E-state index contributed by atoms with van der Waals surface area (Å²) in [6.07, 6.45) is 1.80. The Hall–Kier alpha value is -0.990. The van der Waals surface area contributed by atoms with Gasteiger partial charge >= 0.3 is 0 Å². The summed E-state index contributed by atoms with van der Waals surface area (Å²) in [7, 11) is 0. The number of benzene rings is 1. The number of fused-ring (bicyclic) bond motifs is 1. The van der Waals surface area contributed by atoms with Gasteiger partial charge in [-0.05, 0) is 12.1 Å². The second kappa shape index (κ2) is 5.79. The summed E-state index contributed by atoms with van der Waals surface area (Å²) in [4.78, 5) is 4.28. The number of rotatable bonds is 3. The van der Waals surface area contributed by atoms with E-state index in [1.165, 1.54) is 0 Å². The van der Waals surface area contributed by atoms with Crippen LogP contribution in [-0.2, 0) is 0 Å². The fourth-order valence-electron chi connectivity index (χ4n) is 1.43. The first-order valence-corrected chi connectivity index (χ1v) is 5.09. The SMILES string of the molecule is Cl.ClCCNc1ccnc2ccccc12. The molecule has 0 aliphatic rings. The first-order valence-electron chi connectivity index (χ1n) is 4.55. The molecule has 4 heteroatoms. The van der Waals surface area contributed by atoms with Gasteiger partial charge in [0.1, 0.15) is 0 Å². The number of para-hydroxylation sites is 1. The summed E-state index contributed by atoms with van der Waals surface area (Å²) in [5, 5.41) is 4.40. The molecule has 0 fully saturated rings. The van der Waals surface area contributed by atoms with E-state index in [2.05, 4.69) is 16.4 Å². The molecule has 0 saturated heterocycles. The number of hydrogen-bond acceptors (Lipinski definition) is 2. The molecule has 80 valence electrons. The predicted octanol–water partition coefficient (Wildman–Crippen LogP) is 3.31. The van der Waals surface area contributed by atoms with E-state index in [1.54, 1.807) is 6.20 Å². The molecule has 0 unspecified atom stereocenters. The number of nitrogens with one attached hydrogen (secondary N) is 1. The van der Waals surface area contributed by atoms with E-state index in [0.29, 0.717) is 5.88 Å². The Morgan fingerprint density at radius 1 is 1.20 bits per heavy atom. The molecule has 0 amide bonds. The third-order valence-corrected chi connectivity index (χ3v) is 2.25. The van der Waals surface area contributed by atoms with Crippen molar-refractivity contribution in [2.45, 2.75) is 0 Å². The molecule has 2 rings (SSSR count). The largest absolute Gasteiger partial charge is 0.383 e. The van der Waals surface area contributed by atoms with E-state index in [0.717, 1.165) is 23.1 Å². The van der Waals surface area contributed by atoms with Crippen molar-refractivity contribution in [1.29, 1.82) is 0 Å². The average Bonchev–Trinajstić information content (AvgIpc) is 2.26. The predicted molar refractivity (Wildman–Crippen MR) is 68.2 cm³/mol. The Balaban J connectivity index is 0.00000112. The van der Waals surface area contributed by atoms with Gasteiger partial charge < -0.3 is 5.32 Å². The zero-order chi connectivity index (χ0) is 9.80. The second-order valence-corrected chi connectivity index (χ2v) is 3.37. The molecule has 15 heavy (non-hydrogen) atoms. The molecule has 0 radical (unpaired) electrons. The number of anilines is 1. The van der Waals surface area contributed by atoms with Crippen molar-refractivity contribution in [3.8, 4) is 0 Å². The Morgan fingerprint density at radius 3 is 2.80 bits per heavy atom. The monoisotopic (exact) mass is 242 g/mol. The normalized spacial score (nSPS) is 9.67. The van der Waals surface area contributed by atoms with E-state index < -0.39 is 0 Å². The van der Waals surface area contributed by atoms with Crippen LogP contribution in [0.1, 0.15) is 0 Å². The Morgan fingerprint density at radius 2 is 2.00 bits per heavy atom. The summed E-state index contributed by atoms with van der Waals surface area (Å²) >= 11 is 5.62. The first-order chi connectivity index (χ1) is 6.92. The van der Waals surface area contributed by atoms with Crippen molar-refractivity contribution in [3.05, 3.63) is 36.5 Å². The molecule has 0 aliphatic carbocycles. The van der Waals surface area contributed by atoms with Crippen LogP contribution in [0.4, 0.5) is 5.69 Å². The molecular weight excluding hydrogens is 231 g/mol. The van der Waals surface area contributed by atoms with Crippen molar-refractivity contribution in [2.75, 3.05) is 17.7 Å². The number of pyridine rings is 1. The minimum atomic E-state index is 0. The van der Waals surface area contributed by atoms with Gasteiger partial charge in [0, 0.05) is 29.7 Å². The maximum Gasteiger partial charge on any atom is 0.0722 e. The van der Waals surface area contributed by atoms with E-state index in [4.69, 9.17) is 11.6 Å². The van der Waals surface area contributed by atoms with E-state index >= 15 is 0 Å². The average molecular weight is 243 g/mol. The molecule has 0 spiro atoms. The van der Waals surface area contributed by atoms with Gasteiger partial charge in [-0.3, -0.25) is 4.98 Å². The molecule has 0 atom stereocenters. The third-order valence-electron chi connectivity index (χ3n) is 2.06. The molecule has 2 nitrogen and oxygen atoms in total. The summed E-state index contributed by atoms with van der Waals surface area (Å²) in [6.45, 7) is 0.773. The van der Waals surface area contributed by atoms with Crippen molar-refractivity contribution < 1.29 is 0 Å². The van der Waals surface area contributed by atoms with Gasteiger partial charge in [-0.15, -0.1) is 24.0 Å². The highest BCUT2D eigenvalue weighted by atomic mass is 35.5. The number of nitrogens with zero attached hydrogens (tertiary/aromatic N) is 1. The van der Waals surface area contributed by atoms with Gasteiger partial charge in [0.15, 0.2) is 0 Å². The van der Waals surface area contributed by atoms with Crippen LogP contribution in [0, 0.1) is 0 Å². The minimum Gasteiger partial charge on any atom is -0.383 e. The van der Waals surface area contributed by atoms with Crippen LogP contribution in [0.5, 0.6) is 0 Å². The zero-order valence-electron chi connectivity index (χ0n) is 8.11. The lowest BCUT2D eigenvalue weighted by Crippen LogP contribution is -2.02. The fourth-order valence-corrected chi connectivity index (χ4v) is 1.53. The van der Waals surface area contributed by atoms with Gasteiger partial charge in [0.2, 0.25) is 0 Å². The van der Waals surface area contributed by atoms with Crippen LogP contribution in [0.25, 0.3) is 10.9 Å². The quantitative estimate of drug-likeness (QED) is 0.836. The van der Waals surface area contributed by atoms with Gasteiger partial charge in [0.05, 0.1) is 5.52 Å². The zero-order valence-corrected chi connectivity index (χ0v) is 9.68. The van der Waals surface area contributed by atoms with E-state index in [9.17, 15) is 0 Å². The first kappa shape index (κ1) is 12.1. The summed E-state index contributed by atoms with van der Waals surface area (Å²) in [5.41, 5.74) is 2.10. The standard InChI is InChI=1S/C11H11ClN2.ClH/c12-6-8-14-11-5-7-13-10-4-2-1-3-9(10)11;/h1-5,7H,6,8H2,(H,13,14);1H. The number of hydrogen-bond donors (Lipinski definition) is 1. The number of alkyl halides is 1. The van der Waals surface area contributed by atoms with Crippen molar-refractivity contribution in [1.82, 2.24) is 4.98 Å². The summed E-state index contributed by atoms with van der Waals surface area (Å²) in [5.74, 6) is 0.608. The van der Waals surface area contributed by atoms with Crippen LogP contribution >= 0.6 is 24.0 Å². The Kier molecular flexibility index (Phi) is 4.66. The fraction of sp³-hybridized carbons (Fsp3) is 0.182. The topological polar surface area (TPSA) is 24.9 Å². The third kappa shape index (κ3) is 2.74. The highest BCUT2D eigenvalue weighted by molar-refractivity contribution is 6.18. The maximum atomic E-state index is 5.62. The second-order valence-electron chi connectivity index (χ2n) is 2.99. The highest BCUT2D eigenvalue weighted by Gasteiger charge is 1.98. The van der Waals surface area contributed by atoms with Crippen molar-refractivity contribution >= 4 is 40.6 Å². The molecule has 0 saturated carbocycles. The Labute approximate surface area is 100 Å². The minimum absolute atomic E-state index is 0. The van der Waals surface area contributed by atoms with Crippen LogP contribution in [0.2, 0.25) is 0 Å².